The van der Waals surface area contributed by atoms with Crippen LogP contribution in [0.2, 0.25) is 0 Å². The van der Waals surface area contributed by atoms with Crippen LogP contribution in [0.4, 0.5) is 0 Å². The molecule has 0 amide bonds. The van der Waals surface area contributed by atoms with E-state index in [1.54, 1.807) is 22.8 Å². The van der Waals surface area contributed by atoms with E-state index in [-0.39, 0.29) is 11.0 Å². The molecular formula is C16H19NO4. The first-order valence-electron chi connectivity index (χ1n) is 6.68. The molecule has 0 fully saturated rings. The molecule has 0 unspecified atom stereocenters. The molecule has 1 N–H and O–H groups in total. The lowest BCUT2D eigenvalue weighted by Crippen LogP contribution is -2.23. The third-order valence-corrected chi connectivity index (χ3v) is 3.16. The van der Waals surface area contributed by atoms with Crippen molar-refractivity contribution in [3.63, 3.8) is 0 Å². The number of pyridine rings is 1. The molecule has 1 aromatic heterocycles. The summed E-state index contributed by atoms with van der Waals surface area (Å²) in [6, 6.07) is 5.09. The Hall–Kier alpha value is -2.30. The van der Waals surface area contributed by atoms with Crippen LogP contribution >= 0.6 is 0 Å². The van der Waals surface area contributed by atoms with Crippen molar-refractivity contribution in [1.82, 2.24) is 4.57 Å². The number of fused-ring (bicyclic) bond motifs is 1. The van der Waals surface area contributed by atoms with Crippen LogP contribution in [-0.2, 0) is 6.54 Å². The lowest BCUT2D eigenvalue weighted by Gasteiger charge is -2.23. The molecule has 0 saturated heterocycles. The lowest BCUT2D eigenvalue weighted by molar-refractivity contribution is 0.0694. The molecule has 112 valence electrons. The Balaban J connectivity index is 2.89. The highest BCUT2D eigenvalue weighted by atomic mass is 16.5. The number of ether oxygens (including phenoxy) is 1. The van der Waals surface area contributed by atoms with E-state index in [0.29, 0.717) is 23.2 Å². The molecular weight excluding hydrogens is 270 g/mol. The molecule has 0 atom stereocenters. The van der Waals surface area contributed by atoms with Crippen LogP contribution in [0.25, 0.3) is 10.9 Å². The van der Waals surface area contributed by atoms with Crippen molar-refractivity contribution in [2.24, 2.45) is 5.41 Å². The monoisotopic (exact) mass is 289 g/mol. The molecule has 1 heterocycles. The van der Waals surface area contributed by atoms with Crippen LogP contribution in [0, 0.1) is 5.41 Å². The number of carbonyl (C=O) groups is 1. The maximum Gasteiger partial charge on any atom is 0.341 e. The number of carboxylic acids is 1. The minimum Gasteiger partial charge on any atom is -0.495 e. The molecule has 0 aliphatic rings. The van der Waals surface area contributed by atoms with Crippen molar-refractivity contribution in [3.8, 4) is 5.75 Å². The van der Waals surface area contributed by atoms with Gasteiger partial charge in [0.1, 0.15) is 11.3 Å². The first-order valence-corrected chi connectivity index (χ1v) is 6.68. The van der Waals surface area contributed by atoms with Gasteiger partial charge in [-0.25, -0.2) is 4.79 Å². The highest BCUT2D eigenvalue weighted by Gasteiger charge is 2.20. The van der Waals surface area contributed by atoms with E-state index in [1.165, 1.54) is 13.3 Å². The number of rotatable bonds is 3. The standard InChI is InChI=1S/C16H19NO4/c1-16(2,3)9-17-8-11(15(19)20)14(18)10-6-5-7-12(21-4)13(10)17/h5-8H,9H2,1-4H3,(H,19,20). The first kappa shape index (κ1) is 15.1. The van der Waals surface area contributed by atoms with Crippen LogP contribution in [-0.4, -0.2) is 22.8 Å². The van der Waals surface area contributed by atoms with E-state index >= 15 is 0 Å². The van der Waals surface area contributed by atoms with E-state index in [9.17, 15) is 14.7 Å². The fourth-order valence-electron chi connectivity index (χ4n) is 2.38. The van der Waals surface area contributed by atoms with Gasteiger partial charge in [-0.2, -0.15) is 0 Å². The Kier molecular flexibility index (Phi) is 3.77. The van der Waals surface area contributed by atoms with Gasteiger partial charge in [-0.3, -0.25) is 4.79 Å². The topological polar surface area (TPSA) is 68.5 Å². The van der Waals surface area contributed by atoms with Crippen molar-refractivity contribution in [3.05, 3.63) is 40.2 Å². The summed E-state index contributed by atoms with van der Waals surface area (Å²) in [5.41, 5.74) is -0.148. The Labute approximate surface area is 122 Å². The summed E-state index contributed by atoms with van der Waals surface area (Å²) in [4.78, 5) is 23.6. The molecule has 0 aliphatic heterocycles. The highest BCUT2D eigenvalue weighted by molar-refractivity contribution is 5.94. The molecule has 0 radical (unpaired) electrons. The number of methoxy groups -OCH3 is 1. The Morgan fingerprint density at radius 1 is 1.33 bits per heavy atom. The number of benzene rings is 1. The van der Waals surface area contributed by atoms with E-state index in [1.807, 2.05) is 20.8 Å². The zero-order chi connectivity index (χ0) is 15.8. The van der Waals surface area contributed by atoms with Gasteiger partial charge < -0.3 is 14.4 Å². The van der Waals surface area contributed by atoms with Crippen molar-refractivity contribution in [2.75, 3.05) is 7.11 Å². The molecule has 0 aliphatic carbocycles. The zero-order valence-corrected chi connectivity index (χ0v) is 12.6. The predicted octanol–water partition coefficient (Wildman–Crippen LogP) is 2.75. The average Bonchev–Trinajstić information content (AvgIpc) is 2.39. The van der Waals surface area contributed by atoms with Crippen molar-refractivity contribution >= 4 is 16.9 Å². The van der Waals surface area contributed by atoms with E-state index in [4.69, 9.17) is 4.74 Å². The van der Waals surface area contributed by atoms with Crippen LogP contribution in [0.5, 0.6) is 5.75 Å². The van der Waals surface area contributed by atoms with Gasteiger partial charge in [0.25, 0.3) is 0 Å². The maximum atomic E-state index is 12.3. The molecule has 2 aromatic rings. The predicted molar refractivity (Wildman–Crippen MR) is 81.2 cm³/mol. The fourth-order valence-corrected chi connectivity index (χ4v) is 2.38. The second-order valence-electron chi connectivity index (χ2n) is 6.22. The smallest absolute Gasteiger partial charge is 0.341 e. The summed E-state index contributed by atoms with van der Waals surface area (Å²) in [6.45, 7) is 6.72. The van der Waals surface area contributed by atoms with E-state index in [0.717, 1.165) is 0 Å². The average molecular weight is 289 g/mol. The van der Waals surface area contributed by atoms with Crippen molar-refractivity contribution in [2.45, 2.75) is 27.3 Å². The van der Waals surface area contributed by atoms with Crippen LogP contribution in [0.15, 0.2) is 29.2 Å². The summed E-state index contributed by atoms with van der Waals surface area (Å²) >= 11 is 0. The summed E-state index contributed by atoms with van der Waals surface area (Å²) in [6.07, 6.45) is 1.40. The van der Waals surface area contributed by atoms with Gasteiger partial charge in [0, 0.05) is 12.7 Å². The number of aromatic nitrogens is 1. The van der Waals surface area contributed by atoms with Crippen LogP contribution in [0.3, 0.4) is 0 Å². The van der Waals surface area contributed by atoms with Gasteiger partial charge in [0.05, 0.1) is 18.0 Å². The minimum absolute atomic E-state index is 0.0708. The van der Waals surface area contributed by atoms with Crippen molar-refractivity contribution in [1.29, 1.82) is 0 Å². The third kappa shape index (κ3) is 2.91. The number of para-hydroxylation sites is 1. The van der Waals surface area contributed by atoms with Gasteiger partial charge in [0.15, 0.2) is 0 Å². The lowest BCUT2D eigenvalue weighted by atomic mass is 9.96. The second kappa shape index (κ2) is 5.24. The number of aromatic carboxylic acids is 1. The van der Waals surface area contributed by atoms with E-state index < -0.39 is 11.4 Å². The zero-order valence-electron chi connectivity index (χ0n) is 12.6. The minimum atomic E-state index is -1.22. The van der Waals surface area contributed by atoms with Crippen LogP contribution in [0.1, 0.15) is 31.1 Å². The molecule has 0 spiro atoms. The number of hydrogen-bond donors (Lipinski definition) is 1. The molecule has 0 bridgehead atoms. The van der Waals surface area contributed by atoms with Crippen molar-refractivity contribution < 1.29 is 14.6 Å². The maximum absolute atomic E-state index is 12.3. The molecule has 2 rings (SSSR count). The highest BCUT2D eigenvalue weighted by Crippen LogP contribution is 2.27. The third-order valence-electron chi connectivity index (χ3n) is 3.16. The molecule has 5 heteroatoms. The Morgan fingerprint density at radius 2 is 2.00 bits per heavy atom. The molecule has 21 heavy (non-hydrogen) atoms. The summed E-state index contributed by atoms with van der Waals surface area (Å²) < 4.78 is 7.12. The Bertz CT molecular complexity index is 753. The number of nitrogens with zero attached hydrogens (tertiary/aromatic N) is 1. The van der Waals surface area contributed by atoms with Gasteiger partial charge in [0.2, 0.25) is 5.43 Å². The molecule has 0 saturated carbocycles. The van der Waals surface area contributed by atoms with Gasteiger partial charge in [-0.1, -0.05) is 26.8 Å². The largest absolute Gasteiger partial charge is 0.495 e. The fraction of sp³-hybridized carbons (Fsp3) is 0.375. The number of hydrogen-bond acceptors (Lipinski definition) is 3. The number of carboxylic acid groups (broad SMARTS) is 1. The van der Waals surface area contributed by atoms with E-state index in [2.05, 4.69) is 0 Å². The summed E-state index contributed by atoms with van der Waals surface area (Å²) in [7, 11) is 1.53. The molecule has 5 nitrogen and oxygen atoms in total. The van der Waals surface area contributed by atoms with Crippen LogP contribution < -0.4 is 10.2 Å². The summed E-state index contributed by atoms with van der Waals surface area (Å²) in [5.74, 6) is -0.654. The molecule has 1 aromatic carbocycles. The normalized spacial score (nSPS) is 11.6. The second-order valence-corrected chi connectivity index (χ2v) is 6.22. The van der Waals surface area contributed by atoms with Gasteiger partial charge in [-0.05, 0) is 17.5 Å². The quantitative estimate of drug-likeness (QED) is 0.943. The summed E-state index contributed by atoms with van der Waals surface area (Å²) in [5, 5.41) is 9.59. The first-order chi connectivity index (χ1) is 9.74. The SMILES string of the molecule is COc1cccc2c(=O)c(C(=O)O)cn(CC(C)(C)C)c12. The van der Waals surface area contributed by atoms with Gasteiger partial charge >= 0.3 is 5.97 Å². The van der Waals surface area contributed by atoms with Gasteiger partial charge in [-0.15, -0.1) is 0 Å². The Morgan fingerprint density at radius 3 is 2.52 bits per heavy atom.